The molecule has 21 heavy (non-hydrogen) atoms. The van der Waals surface area contributed by atoms with Crippen molar-refractivity contribution in [1.29, 1.82) is 0 Å². The molecular formula is C15H12NO5-. The maximum absolute atomic E-state index is 11.7. The third-order valence-electron chi connectivity index (χ3n) is 2.61. The third-order valence-corrected chi connectivity index (χ3v) is 2.61. The highest BCUT2D eigenvalue weighted by molar-refractivity contribution is 5.94. The molecule has 6 nitrogen and oxygen atoms in total. The fourth-order valence-electron chi connectivity index (χ4n) is 1.64. The van der Waals surface area contributed by atoms with Crippen LogP contribution in [0.25, 0.3) is 0 Å². The van der Waals surface area contributed by atoms with Crippen LogP contribution in [-0.4, -0.2) is 23.6 Å². The van der Waals surface area contributed by atoms with E-state index in [9.17, 15) is 14.7 Å². The quantitative estimate of drug-likeness (QED) is 0.867. The predicted molar refractivity (Wildman–Crippen MR) is 73.4 cm³/mol. The summed E-state index contributed by atoms with van der Waals surface area (Å²) < 4.78 is 5.25. The lowest BCUT2D eigenvalue weighted by molar-refractivity contribution is -0.268. The van der Waals surface area contributed by atoms with Gasteiger partial charge < -0.3 is 20.3 Å². The van der Waals surface area contributed by atoms with Crippen LogP contribution in [0.3, 0.4) is 0 Å². The second-order valence-corrected chi connectivity index (χ2v) is 4.17. The Kier molecular flexibility index (Phi) is 4.40. The van der Waals surface area contributed by atoms with Crippen molar-refractivity contribution in [3.05, 3.63) is 54.1 Å². The number of carboxylic acid groups (broad SMARTS) is 1. The monoisotopic (exact) mass is 286 g/mol. The standard InChI is InChI=1S/C15H13NO5/c17-13-8-10(6-7-12(13)15(19)20)16-14(18)9-21-11-4-2-1-3-5-11/h1-8,17H,9H2,(H,16,18)(H,19,20)/p-1. The Hall–Kier alpha value is -3.02. The Bertz CT molecular complexity index is 654. The number of carbonyl (C=O) groups excluding carboxylic acids is 1. The lowest BCUT2D eigenvalue weighted by Gasteiger charge is -2.13. The minimum Gasteiger partial charge on any atom is -0.872 e. The summed E-state index contributed by atoms with van der Waals surface area (Å²) in [7, 11) is 0. The summed E-state index contributed by atoms with van der Waals surface area (Å²) in [6.45, 7) is -0.209. The number of aromatic carboxylic acids is 1. The molecule has 6 heteroatoms. The first-order valence-corrected chi connectivity index (χ1v) is 6.08. The van der Waals surface area contributed by atoms with E-state index in [-0.39, 0.29) is 17.9 Å². The highest BCUT2D eigenvalue weighted by Crippen LogP contribution is 2.19. The van der Waals surface area contributed by atoms with E-state index in [0.717, 1.165) is 12.1 Å². The van der Waals surface area contributed by atoms with Crippen molar-refractivity contribution < 1.29 is 24.5 Å². The number of carbonyl (C=O) groups is 2. The average molecular weight is 286 g/mol. The summed E-state index contributed by atoms with van der Waals surface area (Å²) in [6.07, 6.45) is 0. The molecule has 0 aliphatic carbocycles. The van der Waals surface area contributed by atoms with Crippen LogP contribution in [0.15, 0.2) is 48.5 Å². The number of amides is 1. The molecule has 0 heterocycles. The number of hydrogen-bond acceptors (Lipinski definition) is 4. The minimum atomic E-state index is -1.30. The number of carboxylic acids is 1. The second kappa shape index (κ2) is 6.42. The average Bonchev–Trinajstić information content (AvgIpc) is 2.46. The first-order valence-electron chi connectivity index (χ1n) is 6.08. The van der Waals surface area contributed by atoms with Crippen LogP contribution in [0.5, 0.6) is 11.5 Å². The van der Waals surface area contributed by atoms with E-state index in [0.29, 0.717) is 5.75 Å². The summed E-state index contributed by atoms with van der Waals surface area (Å²) in [6, 6.07) is 12.4. The fourth-order valence-corrected chi connectivity index (χ4v) is 1.64. The number of anilines is 1. The molecule has 0 aliphatic rings. The van der Waals surface area contributed by atoms with Crippen molar-refractivity contribution in [2.24, 2.45) is 0 Å². The predicted octanol–water partition coefficient (Wildman–Crippen LogP) is 1.48. The summed E-state index contributed by atoms with van der Waals surface area (Å²) >= 11 is 0. The normalized spacial score (nSPS) is 9.90. The molecule has 2 N–H and O–H groups in total. The molecule has 0 saturated carbocycles. The molecule has 2 aromatic carbocycles. The van der Waals surface area contributed by atoms with E-state index >= 15 is 0 Å². The number of rotatable bonds is 5. The molecule has 0 atom stereocenters. The Balaban J connectivity index is 1.94. The van der Waals surface area contributed by atoms with Gasteiger partial charge in [0.05, 0.1) is 5.56 Å². The van der Waals surface area contributed by atoms with Gasteiger partial charge in [0.2, 0.25) is 0 Å². The number of ether oxygens (including phenoxy) is 1. The molecule has 0 spiro atoms. The van der Waals surface area contributed by atoms with E-state index < -0.39 is 17.6 Å². The zero-order valence-corrected chi connectivity index (χ0v) is 10.9. The maximum atomic E-state index is 11.7. The van der Waals surface area contributed by atoms with Crippen molar-refractivity contribution in [2.75, 3.05) is 11.9 Å². The van der Waals surface area contributed by atoms with Gasteiger partial charge >= 0.3 is 5.97 Å². The van der Waals surface area contributed by atoms with Gasteiger partial charge in [0.25, 0.3) is 5.91 Å². The lowest BCUT2D eigenvalue weighted by Crippen LogP contribution is -2.20. The molecule has 0 aromatic heterocycles. The highest BCUT2D eigenvalue weighted by atomic mass is 16.5. The van der Waals surface area contributed by atoms with Crippen LogP contribution in [0.4, 0.5) is 5.69 Å². The third kappa shape index (κ3) is 3.97. The molecule has 1 amide bonds. The van der Waals surface area contributed by atoms with Gasteiger partial charge in [-0.2, -0.15) is 0 Å². The van der Waals surface area contributed by atoms with Crippen molar-refractivity contribution in [1.82, 2.24) is 0 Å². The molecular weight excluding hydrogens is 274 g/mol. The Morgan fingerprint density at radius 3 is 2.48 bits per heavy atom. The fraction of sp³-hybridized carbons (Fsp3) is 0.0667. The first-order chi connectivity index (χ1) is 10.1. The summed E-state index contributed by atoms with van der Waals surface area (Å²) in [5.41, 5.74) is -0.111. The van der Waals surface area contributed by atoms with Crippen LogP contribution in [-0.2, 0) is 4.79 Å². The summed E-state index contributed by atoms with van der Waals surface area (Å²) in [5, 5.41) is 22.7. The number of hydrogen-bond donors (Lipinski definition) is 2. The highest BCUT2D eigenvalue weighted by Gasteiger charge is 2.07. The Labute approximate surface area is 120 Å². The van der Waals surface area contributed by atoms with Gasteiger partial charge in [-0.15, -0.1) is 0 Å². The molecule has 2 rings (SSSR count). The molecule has 0 radical (unpaired) electrons. The summed E-state index contributed by atoms with van der Waals surface area (Å²) in [5.74, 6) is -1.85. The zero-order chi connectivity index (χ0) is 15.2. The maximum Gasteiger partial charge on any atom is 0.335 e. The zero-order valence-electron chi connectivity index (χ0n) is 10.9. The van der Waals surface area contributed by atoms with E-state index in [4.69, 9.17) is 9.84 Å². The van der Waals surface area contributed by atoms with Gasteiger partial charge in [-0.05, 0) is 30.3 Å². The molecule has 0 bridgehead atoms. The smallest absolute Gasteiger partial charge is 0.335 e. The Morgan fingerprint density at radius 1 is 1.14 bits per heavy atom. The van der Waals surface area contributed by atoms with Gasteiger partial charge in [-0.25, -0.2) is 4.79 Å². The lowest BCUT2D eigenvalue weighted by atomic mass is 10.2. The molecule has 0 saturated heterocycles. The number of benzene rings is 2. The van der Waals surface area contributed by atoms with Crippen molar-refractivity contribution in [3.8, 4) is 11.5 Å². The van der Waals surface area contributed by atoms with Gasteiger partial charge in [0, 0.05) is 5.69 Å². The molecule has 108 valence electrons. The van der Waals surface area contributed by atoms with E-state index in [1.165, 1.54) is 6.07 Å². The van der Waals surface area contributed by atoms with E-state index in [1.54, 1.807) is 24.3 Å². The van der Waals surface area contributed by atoms with Crippen molar-refractivity contribution in [3.63, 3.8) is 0 Å². The van der Waals surface area contributed by atoms with Crippen LogP contribution < -0.4 is 15.2 Å². The molecule has 0 unspecified atom stereocenters. The second-order valence-electron chi connectivity index (χ2n) is 4.17. The topological polar surface area (TPSA) is 98.7 Å². The van der Waals surface area contributed by atoms with Gasteiger partial charge in [0.15, 0.2) is 6.61 Å². The summed E-state index contributed by atoms with van der Waals surface area (Å²) in [4.78, 5) is 22.4. The Morgan fingerprint density at radius 2 is 1.86 bits per heavy atom. The van der Waals surface area contributed by atoms with Gasteiger partial charge in [0.1, 0.15) is 5.75 Å². The van der Waals surface area contributed by atoms with Gasteiger partial charge in [-0.1, -0.05) is 23.9 Å². The van der Waals surface area contributed by atoms with Crippen LogP contribution >= 0.6 is 0 Å². The molecule has 0 fully saturated rings. The minimum absolute atomic E-state index is 0.209. The van der Waals surface area contributed by atoms with Crippen molar-refractivity contribution in [2.45, 2.75) is 0 Å². The largest absolute Gasteiger partial charge is 0.872 e. The SMILES string of the molecule is O=C(COc1ccccc1)Nc1ccc(C(=O)O)c([O-])c1. The van der Waals surface area contributed by atoms with Gasteiger partial charge in [-0.3, -0.25) is 4.79 Å². The number of nitrogens with one attached hydrogen (secondary N) is 1. The van der Waals surface area contributed by atoms with Crippen LogP contribution in [0.1, 0.15) is 10.4 Å². The first kappa shape index (κ1) is 14.4. The van der Waals surface area contributed by atoms with E-state index in [2.05, 4.69) is 5.32 Å². The molecule has 2 aromatic rings. The van der Waals surface area contributed by atoms with E-state index in [1.807, 2.05) is 6.07 Å². The van der Waals surface area contributed by atoms with Crippen LogP contribution in [0.2, 0.25) is 0 Å². The molecule has 0 aliphatic heterocycles. The van der Waals surface area contributed by atoms with Crippen molar-refractivity contribution >= 4 is 17.6 Å². The van der Waals surface area contributed by atoms with Crippen LogP contribution in [0, 0.1) is 0 Å². The number of para-hydroxylation sites is 1.